The molecular weight excluding hydrogens is 546 g/mol. The third-order valence-corrected chi connectivity index (χ3v) is 9.09. The third kappa shape index (κ3) is 4.66. The molecular formula is C42H35N3. The van der Waals surface area contributed by atoms with Gasteiger partial charge in [-0.3, -0.25) is 0 Å². The first kappa shape index (κ1) is 27.2. The van der Waals surface area contributed by atoms with E-state index in [9.17, 15) is 5.26 Å². The van der Waals surface area contributed by atoms with Crippen LogP contribution in [0.3, 0.4) is 0 Å². The molecule has 3 nitrogen and oxygen atoms in total. The van der Waals surface area contributed by atoms with Crippen LogP contribution in [0.4, 0.5) is 0 Å². The molecule has 0 unspecified atom stereocenters. The molecule has 0 radical (unpaired) electrons. The van der Waals surface area contributed by atoms with E-state index in [0.717, 1.165) is 36.2 Å². The highest BCUT2D eigenvalue weighted by molar-refractivity contribution is 6.09. The summed E-state index contributed by atoms with van der Waals surface area (Å²) in [5, 5.41) is 13.3. The van der Waals surface area contributed by atoms with E-state index in [1.165, 1.54) is 55.1 Å². The van der Waals surface area contributed by atoms with E-state index in [2.05, 4.69) is 151 Å². The molecule has 0 aliphatic heterocycles. The molecule has 0 amide bonds. The SMILES string of the molecule is CC(C)(C)Cc1ccc2c(c1)c1ccccc1n2-c1cccc(-c2cccc(-n3c4c(c5cc(C#N)ccc53)CCC=C4)c2)c1. The second kappa shape index (κ2) is 10.4. The molecule has 1 aliphatic rings. The van der Waals surface area contributed by atoms with Gasteiger partial charge in [-0.25, -0.2) is 0 Å². The van der Waals surface area contributed by atoms with Crippen molar-refractivity contribution in [2.45, 2.75) is 40.0 Å². The van der Waals surface area contributed by atoms with Crippen LogP contribution in [0.5, 0.6) is 0 Å². The zero-order chi connectivity index (χ0) is 30.7. The molecule has 8 rings (SSSR count). The number of para-hydroxylation sites is 1. The summed E-state index contributed by atoms with van der Waals surface area (Å²) in [5.74, 6) is 0. The minimum atomic E-state index is 0.233. The molecule has 218 valence electrons. The lowest BCUT2D eigenvalue weighted by atomic mass is 9.88. The molecule has 2 heterocycles. The molecule has 0 fully saturated rings. The first-order chi connectivity index (χ1) is 21.9. The van der Waals surface area contributed by atoms with E-state index in [1.54, 1.807) is 0 Å². The summed E-state index contributed by atoms with van der Waals surface area (Å²) < 4.78 is 4.77. The van der Waals surface area contributed by atoms with Gasteiger partial charge in [-0.15, -0.1) is 0 Å². The number of hydrogen-bond donors (Lipinski definition) is 0. The van der Waals surface area contributed by atoms with Crippen molar-refractivity contribution < 1.29 is 0 Å². The topological polar surface area (TPSA) is 33.6 Å². The highest BCUT2D eigenvalue weighted by Gasteiger charge is 2.20. The summed E-state index contributed by atoms with van der Waals surface area (Å²) in [5.41, 5.74) is 13.1. The lowest BCUT2D eigenvalue weighted by Crippen LogP contribution is -2.08. The Kier molecular flexibility index (Phi) is 6.29. The fourth-order valence-electron chi connectivity index (χ4n) is 7.25. The van der Waals surface area contributed by atoms with Gasteiger partial charge in [0, 0.05) is 33.2 Å². The van der Waals surface area contributed by atoms with Crippen molar-refractivity contribution in [2.24, 2.45) is 5.41 Å². The Hall–Kier alpha value is -5.33. The van der Waals surface area contributed by atoms with Gasteiger partial charge in [0.05, 0.1) is 28.2 Å². The molecule has 0 atom stereocenters. The van der Waals surface area contributed by atoms with Gasteiger partial charge in [-0.1, -0.05) is 75.4 Å². The normalized spacial score (nSPS) is 13.0. The minimum absolute atomic E-state index is 0.233. The predicted octanol–water partition coefficient (Wildman–Crippen LogP) is 10.8. The van der Waals surface area contributed by atoms with Gasteiger partial charge in [0.1, 0.15) is 0 Å². The van der Waals surface area contributed by atoms with Gasteiger partial charge in [0.15, 0.2) is 0 Å². The smallest absolute Gasteiger partial charge is 0.0991 e. The number of benzene rings is 5. The molecule has 0 spiro atoms. The van der Waals surface area contributed by atoms with Crippen LogP contribution in [0.2, 0.25) is 0 Å². The van der Waals surface area contributed by atoms with E-state index in [4.69, 9.17) is 0 Å². The molecule has 7 aromatic rings. The van der Waals surface area contributed by atoms with Gasteiger partial charge in [-0.2, -0.15) is 5.26 Å². The van der Waals surface area contributed by atoms with E-state index in [0.29, 0.717) is 5.56 Å². The van der Waals surface area contributed by atoms with Crippen LogP contribution in [0.1, 0.15) is 49.6 Å². The van der Waals surface area contributed by atoms with Crippen LogP contribution in [-0.2, 0) is 12.8 Å². The average Bonchev–Trinajstić information content (AvgIpc) is 3.56. The van der Waals surface area contributed by atoms with Crippen LogP contribution >= 0.6 is 0 Å². The van der Waals surface area contributed by atoms with E-state index in [-0.39, 0.29) is 5.41 Å². The fraction of sp³-hybridized carbons (Fsp3) is 0.167. The standard InChI is InChI=1S/C42H35N3/c1-42(2,3)26-28-18-20-40-36(22-28)34-14-4-6-16-38(34)44(40)32-12-8-10-30(24-32)31-11-9-13-33(25-31)45-39-17-7-5-15-35(39)37-23-29(27-43)19-21-41(37)45/h4,6-14,16-25H,5,15,26H2,1-3H3. The number of aromatic nitrogens is 2. The van der Waals surface area contributed by atoms with Crippen molar-refractivity contribution in [3.05, 3.63) is 138 Å². The van der Waals surface area contributed by atoms with Crippen LogP contribution in [0, 0.1) is 16.7 Å². The van der Waals surface area contributed by atoms with Crippen LogP contribution in [0.25, 0.3) is 61.3 Å². The number of fused-ring (bicyclic) bond motifs is 6. The summed E-state index contributed by atoms with van der Waals surface area (Å²) in [4.78, 5) is 0. The Morgan fingerprint density at radius 3 is 2.11 bits per heavy atom. The summed E-state index contributed by atoms with van der Waals surface area (Å²) in [6.45, 7) is 6.90. The quantitative estimate of drug-likeness (QED) is 0.204. The minimum Gasteiger partial charge on any atom is -0.310 e. The Bertz CT molecular complexity index is 2350. The van der Waals surface area contributed by atoms with Crippen molar-refractivity contribution in [3.63, 3.8) is 0 Å². The zero-order valence-electron chi connectivity index (χ0n) is 26.0. The highest BCUT2D eigenvalue weighted by Crippen LogP contribution is 2.37. The number of rotatable bonds is 4. The Morgan fingerprint density at radius 2 is 1.36 bits per heavy atom. The maximum absolute atomic E-state index is 9.58. The Labute approximate surface area is 264 Å². The van der Waals surface area contributed by atoms with Crippen LogP contribution in [0.15, 0.2) is 115 Å². The number of nitriles is 1. The van der Waals surface area contributed by atoms with Gasteiger partial charge in [0.2, 0.25) is 0 Å². The van der Waals surface area contributed by atoms with E-state index in [1.807, 2.05) is 6.07 Å². The number of hydrogen-bond acceptors (Lipinski definition) is 1. The van der Waals surface area contributed by atoms with Crippen molar-refractivity contribution in [3.8, 4) is 28.6 Å². The molecule has 0 N–H and O–H groups in total. The largest absolute Gasteiger partial charge is 0.310 e. The van der Waals surface area contributed by atoms with Crippen molar-refractivity contribution in [2.75, 3.05) is 0 Å². The second-order valence-electron chi connectivity index (χ2n) is 13.5. The summed E-state index contributed by atoms with van der Waals surface area (Å²) in [6, 6.07) is 41.9. The lowest BCUT2D eigenvalue weighted by molar-refractivity contribution is 0.411. The third-order valence-electron chi connectivity index (χ3n) is 9.09. The highest BCUT2D eigenvalue weighted by atomic mass is 15.0. The molecule has 0 bridgehead atoms. The average molecular weight is 582 g/mol. The maximum Gasteiger partial charge on any atom is 0.0991 e. The molecule has 0 saturated heterocycles. The summed E-state index contributed by atoms with van der Waals surface area (Å²) in [7, 11) is 0. The molecule has 2 aromatic heterocycles. The first-order valence-corrected chi connectivity index (χ1v) is 15.9. The predicted molar refractivity (Wildman–Crippen MR) is 188 cm³/mol. The summed E-state index contributed by atoms with van der Waals surface area (Å²) in [6.07, 6.45) is 7.56. The van der Waals surface area contributed by atoms with E-state index < -0.39 is 0 Å². The van der Waals surface area contributed by atoms with E-state index >= 15 is 0 Å². The molecule has 1 aliphatic carbocycles. The Morgan fingerprint density at radius 1 is 0.667 bits per heavy atom. The molecule has 3 heteroatoms. The van der Waals surface area contributed by atoms with Crippen LogP contribution in [-0.4, -0.2) is 9.13 Å². The fourth-order valence-corrected chi connectivity index (χ4v) is 7.25. The monoisotopic (exact) mass is 581 g/mol. The number of allylic oxidation sites excluding steroid dienone is 1. The zero-order valence-corrected chi connectivity index (χ0v) is 26.0. The van der Waals surface area contributed by atoms with Gasteiger partial charge >= 0.3 is 0 Å². The number of aryl methyl sites for hydroxylation is 1. The lowest BCUT2D eigenvalue weighted by Gasteiger charge is -2.18. The van der Waals surface area contributed by atoms with Crippen molar-refractivity contribution in [1.29, 1.82) is 5.26 Å². The van der Waals surface area contributed by atoms with Crippen molar-refractivity contribution in [1.82, 2.24) is 9.13 Å². The number of nitrogens with zero attached hydrogens (tertiary/aromatic N) is 3. The second-order valence-corrected chi connectivity index (χ2v) is 13.5. The first-order valence-electron chi connectivity index (χ1n) is 15.9. The molecule has 0 saturated carbocycles. The maximum atomic E-state index is 9.58. The molecule has 5 aromatic carbocycles. The summed E-state index contributed by atoms with van der Waals surface area (Å²) >= 11 is 0. The van der Waals surface area contributed by atoms with Gasteiger partial charge in [0.25, 0.3) is 0 Å². The Balaban J connectivity index is 1.26. The van der Waals surface area contributed by atoms with Crippen molar-refractivity contribution >= 4 is 38.8 Å². The van der Waals surface area contributed by atoms with Crippen LogP contribution < -0.4 is 0 Å². The van der Waals surface area contributed by atoms with Gasteiger partial charge < -0.3 is 9.13 Å². The van der Waals surface area contributed by atoms with Gasteiger partial charge in [-0.05, 0) is 114 Å². The molecule has 45 heavy (non-hydrogen) atoms.